The van der Waals surface area contributed by atoms with Crippen molar-refractivity contribution in [3.63, 3.8) is 0 Å². The maximum atomic E-state index is 12.2. The van der Waals surface area contributed by atoms with Gasteiger partial charge in [-0.3, -0.25) is 0 Å². The van der Waals surface area contributed by atoms with E-state index in [4.69, 9.17) is 44.7 Å². The molecule has 7 heteroatoms. The van der Waals surface area contributed by atoms with Crippen molar-refractivity contribution in [2.45, 2.75) is 32.6 Å². The Kier molecular flexibility index (Phi) is 4.95. The SMILES string of the molecule is CCOC(=O)c1noc(C2CC2)c1C(=S)c1ccc(Cl)c(Cl)c1C. The lowest BCUT2D eigenvalue weighted by atomic mass is 9.97. The smallest absolute Gasteiger partial charge is 0.361 e. The summed E-state index contributed by atoms with van der Waals surface area (Å²) in [5.74, 6) is 0.355. The van der Waals surface area contributed by atoms with E-state index in [1.807, 2.05) is 6.92 Å². The second kappa shape index (κ2) is 6.82. The quantitative estimate of drug-likeness (QED) is 0.407. The molecule has 0 amide bonds. The summed E-state index contributed by atoms with van der Waals surface area (Å²) in [7, 11) is 0. The van der Waals surface area contributed by atoms with E-state index in [9.17, 15) is 4.79 Å². The van der Waals surface area contributed by atoms with Crippen LogP contribution in [0.1, 0.15) is 58.6 Å². The first-order valence-electron chi connectivity index (χ1n) is 7.61. The van der Waals surface area contributed by atoms with E-state index in [1.54, 1.807) is 19.1 Å². The lowest BCUT2D eigenvalue weighted by Gasteiger charge is -2.11. The molecule has 24 heavy (non-hydrogen) atoms. The van der Waals surface area contributed by atoms with Crippen LogP contribution in [0.2, 0.25) is 10.0 Å². The Morgan fingerprint density at radius 3 is 2.75 bits per heavy atom. The Hall–Kier alpha value is -1.43. The van der Waals surface area contributed by atoms with Crippen molar-refractivity contribution in [3.05, 3.63) is 50.3 Å². The topological polar surface area (TPSA) is 52.3 Å². The molecule has 0 atom stereocenters. The first-order chi connectivity index (χ1) is 11.5. The third-order valence-corrected chi connectivity index (χ3v) is 5.27. The van der Waals surface area contributed by atoms with Gasteiger partial charge in [0.2, 0.25) is 0 Å². The third kappa shape index (κ3) is 3.08. The van der Waals surface area contributed by atoms with Gasteiger partial charge in [0.1, 0.15) is 5.76 Å². The van der Waals surface area contributed by atoms with Crippen molar-refractivity contribution in [1.29, 1.82) is 0 Å². The molecule has 3 rings (SSSR count). The molecule has 0 spiro atoms. The maximum Gasteiger partial charge on any atom is 0.361 e. The fraction of sp³-hybridized carbons (Fsp3) is 0.353. The van der Waals surface area contributed by atoms with Crippen molar-refractivity contribution >= 4 is 46.3 Å². The van der Waals surface area contributed by atoms with Gasteiger partial charge in [-0.2, -0.15) is 0 Å². The molecule has 1 aliphatic carbocycles. The Morgan fingerprint density at radius 2 is 2.12 bits per heavy atom. The lowest BCUT2D eigenvalue weighted by molar-refractivity contribution is 0.0514. The Bertz CT molecular complexity index is 827. The van der Waals surface area contributed by atoms with Crippen molar-refractivity contribution < 1.29 is 14.1 Å². The summed E-state index contributed by atoms with van der Waals surface area (Å²) < 4.78 is 10.5. The number of benzene rings is 1. The molecular formula is C17H15Cl2NO3S. The number of halogens is 2. The van der Waals surface area contributed by atoms with Gasteiger partial charge in [-0.15, -0.1) is 0 Å². The zero-order chi connectivity index (χ0) is 17.4. The fourth-order valence-electron chi connectivity index (χ4n) is 2.52. The largest absolute Gasteiger partial charge is 0.461 e. The van der Waals surface area contributed by atoms with Crippen LogP contribution in [0.3, 0.4) is 0 Å². The van der Waals surface area contributed by atoms with Gasteiger partial charge in [0.25, 0.3) is 0 Å². The van der Waals surface area contributed by atoms with E-state index in [-0.39, 0.29) is 18.2 Å². The highest BCUT2D eigenvalue weighted by Crippen LogP contribution is 2.43. The summed E-state index contributed by atoms with van der Waals surface area (Å²) in [6, 6.07) is 3.48. The van der Waals surface area contributed by atoms with E-state index < -0.39 is 5.97 Å². The summed E-state index contributed by atoms with van der Waals surface area (Å²) in [4.78, 5) is 12.7. The zero-order valence-corrected chi connectivity index (χ0v) is 15.5. The number of aromatic nitrogens is 1. The number of hydrogen-bond acceptors (Lipinski definition) is 5. The monoisotopic (exact) mass is 383 g/mol. The van der Waals surface area contributed by atoms with Crippen LogP contribution in [0.15, 0.2) is 16.7 Å². The average molecular weight is 384 g/mol. The van der Waals surface area contributed by atoms with Gasteiger partial charge in [0.15, 0.2) is 5.69 Å². The molecule has 1 aromatic carbocycles. The highest BCUT2D eigenvalue weighted by Gasteiger charge is 2.36. The highest BCUT2D eigenvalue weighted by atomic mass is 35.5. The number of carbonyl (C=O) groups excluding carboxylic acids is 1. The van der Waals surface area contributed by atoms with Crippen molar-refractivity contribution in [1.82, 2.24) is 5.16 Å². The van der Waals surface area contributed by atoms with E-state index in [1.165, 1.54) is 0 Å². The van der Waals surface area contributed by atoms with Gasteiger partial charge in [-0.25, -0.2) is 4.79 Å². The molecule has 0 N–H and O–H groups in total. The minimum atomic E-state index is -0.539. The number of carbonyl (C=O) groups is 1. The Morgan fingerprint density at radius 1 is 1.42 bits per heavy atom. The van der Waals surface area contributed by atoms with E-state index >= 15 is 0 Å². The summed E-state index contributed by atoms with van der Waals surface area (Å²) in [6.07, 6.45) is 1.99. The van der Waals surface area contributed by atoms with E-state index in [0.717, 1.165) is 24.0 Å². The molecule has 0 unspecified atom stereocenters. The Balaban J connectivity index is 2.10. The van der Waals surface area contributed by atoms with E-state index in [2.05, 4.69) is 5.16 Å². The molecule has 1 aromatic heterocycles. The average Bonchev–Trinajstić information content (AvgIpc) is 3.30. The van der Waals surface area contributed by atoms with Gasteiger partial charge in [-0.1, -0.05) is 46.6 Å². The van der Waals surface area contributed by atoms with Gasteiger partial charge in [-0.05, 0) is 43.9 Å². The number of hydrogen-bond donors (Lipinski definition) is 0. The molecule has 1 fully saturated rings. The van der Waals surface area contributed by atoms with Gasteiger partial charge < -0.3 is 9.26 Å². The predicted octanol–water partition coefficient (Wildman–Crippen LogP) is 5.11. The number of nitrogens with zero attached hydrogens (tertiary/aromatic N) is 1. The van der Waals surface area contributed by atoms with Crippen LogP contribution < -0.4 is 0 Å². The molecular weight excluding hydrogens is 369 g/mol. The van der Waals surface area contributed by atoms with Crippen LogP contribution in [-0.2, 0) is 4.74 Å². The van der Waals surface area contributed by atoms with Crippen LogP contribution in [0, 0.1) is 6.92 Å². The van der Waals surface area contributed by atoms with Crippen molar-refractivity contribution in [3.8, 4) is 0 Å². The summed E-state index contributed by atoms with van der Waals surface area (Å²) >= 11 is 17.9. The number of esters is 1. The maximum absolute atomic E-state index is 12.2. The number of thiocarbonyl (C=S) groups is 1. The van der Waals surface area contributed by atoms with E-state index in [0.29, 0.717) is 26.2 Å². The molecule has 1 aliphatic rings. The molecule has 0 saturated heterocycles. The molecule has 2 aromatic rings. The predicted molar refractivity (Wildman–Crippen MR) is 96.4 cm³/mol. The third-order valence-electron chi connectivity index (χ3n) is 3.95. The summed E-state index contributed by atoms with van der Waals surface area (Å²) in [6.45, 7) is 3.83. The molecule has 0 bridgehead atoms. The first kappa shape index (κ1) is 17.4. The standard InChI is InChI=1S/C17H15Cl2NO3S/c1-3-22-17(21)14-12(15(23-20-14)9-4-5-9)16(24)10-6-7-11(18)13(19)8(10)2/h6-7,9H,3-5H2,1-2H3. The fourth-order valence-corrected chi connectivity index (χ4v) is 3.31. The van der Waals surface area contributed by atoms with Gasteiger partial charge >= 0.3 is 5.97 Å². The second-order valence-corrected chi connectivity index (χ2v) is 6.82. The molecule has 4 nitrogen and oxygen atoms in total. The zero-order valence-electron chi connectivity index (χ0n) is 13.2. The molecule has 126 valence electrons. The van der Waals surface area contributed by atoms with Gasteiger partial charge in [0.05, 0.1) is 27.1 Å². The molecule has 1 heterocycles. The van der Waals surface area contributed by atoms with Gasteiger partial charge in [0, 0.05) is 5.92 Å². The molecule has 0 radical (unpaired) electrons. The second-order valence-electron chi connectivity index (χ2n) is 5.63. The summed E-state index contributed by atoms with van der Waals surface area (Å²) in [5.41, 5.74) is 2.14. The Labute approximate surface area is 155 Å². The van der Waals surface area contributed by atoms with Crippen LogP contribution >= 0.6 is 35.4 Å². The number of ether oxygens (including phenoxy) is 1. The minimum Gasteiger partial charge on any atom is -0.461 e. The van der Waals surface area contributed by atoms with Crippen molar-refractivity contribution in [2.75, 3.05) is 6.61 Å². The van der Waals surface area contributed by atoms with Crippen molar-refractivity contribution in [2.24, 2.45) is 0 Å². The molecule has 0 aliphatic heterocycles. The summed E-state index contributed by atoms with van der Waals surface area (Å²) in [5, 5.41) is 4.82. The van der Waals surface area contributed by atoms with Crippen LogP contribution in [0.25, 0.3) is 0 Å². The minimum absolute atomic E-state index is 0.120. The van der Waals surface area contributed by atoms with Crippen LogP contribution in [0.5, 0.6) is 0 Å². The lowest BCUT2D eigenvalue weighted by Crippen LogP contribution is -2.13. The normalized spacial score (nSPS) is 13.8. The number of rotatable bonds is 5. The van der Waals surface area contributed by atoms with Crippen LogP contribution in [-0.4, -0.2) is 22.6 Å². The molecule has 1 saturated carbocycles. The highest BCUT2D eigenvalue weighted by molar-refractivity contribution is 7.81. The van der Waals surface area contributed by atoms with Crippen LogP contribution in [0.4, 0.5) is 0 Å². The first-order valence-corrected chi connectivity index (χ1v) is 8.78.